The van der Waals surface area contributed by atoms with Crippen molar-refractivity contribution in [3.63, 3.8) is 0 Å². The van der Waals surface area contributed by atoms with Gasteiger partial charge in [0.1, 0.15) is 0 Å². The van der Waals surface area contributed by atoms with Crippen molar-refractivity contribution in [1.82, 2.24) is 5.01 Å². The molecule has 0 fully saturated rings. The van der Waals surface area contributed by atoms with Gasteiger partial charge in [-0.15, -0.1) is 11.3 Å². The van der Waals surface area contributed by atoms with Crippen LogP contribution >= 0.6 is 11.3 Å². The zero-order chi connectivity index (χ0) is 21.1. The number of rotatable bonds is 6. The average molecular weight is 423 g/mol. The highest BCUT2D eigenvalue weighted by molar-refractivity contribution is 7.12. The molecule has 4 rings (SSSR count). The van der Waals surface area contributed by atoms with E-state index in [0.29, 0.717) is 29.2 Å². The van der Waals surface area contributed by atoms with Gasteiger partial charge in [0.15, 0.2) is 11.5 Å². The summed E-state index contributed by atoms with van der Waals surface area (Å²) in [5.41, 5.74) is 2.29. The van der Waals surface area contributed by atoms with Crippen LogP contribution in [0.5, 0.6) is 17.2 Å². The fourth-order valence-electron chi connectivity index (χ4n) is 3.62. The number of hydrogen-bond donors (Lipinski definition) is 0. The van der Waals surface area contributed by atoms with Crippen molar-refractivity contribution in [3.05, 3.63) is 76.0 Å². The first-order chi connectivity index (χ1) is 14.7. The van der Waals surface area contributed by atoms with E-state index in [4.69, 9.17) is 19.3 Å². The number of hydrogen-bond acceptors (Lipinski definition) is 6. The van der Waals surface area contributed by atoms with Gasteiger partial charge in [-0.1, -0.05) is 36.4 Å². The molecular formula is C23H22N2O4S. The van der Waals surface area contributed by atoms with Crippen LogP contribution in [-0.4, -0.2) is 38.0 Å². The third-order valence-corrected chi connectivity index (χ3v) is 5.96. The highest BCUT2D eigenvalue weighted by Gasteiger charge is 2.36. The molecule has 2 aromatic carbocycles. The van der Waals surface area contributed by atoms with Crippen LogP contribution in [0.4, 0.5) is 0 Å². The van der Waals surface area contributed by atoms with Crippen molar-refractivity contribution < 1.29 is 19.0 Å². The highest BCUT2D eigenvalue weighted by atomic mass is 32.1. The van der Waals surface area contributed by atoms with Crippen LogP contribution in [0.2, 0.25) is 0 Å². The van der Waals surface area contributed by atoms with Gasteiger partial charge in [0.25, 0.3) is 5.91 Å². The van der Waals surface area contributed by atoms with Crippen molar-refractivity contribution >= 4 is 23.0 Å². The average Bonchev–Trinajstić information content (AvgIpc) is 3.48. The topological polar surface area (TPSA) is 60.4 Å². The van der Waals surface area contributed by atoms with Gasteiger partial charge in [-0.2, -0.15) is 5.10 Å². The van der Waals surface area contributed by atoms with Crippen molar-refractivity contribution in [2.45, 2.75) is 12.5 Å². The van der Waals surface area contributed by atoms with Crippen LogP contribution in [0.3, 0.4) is 0 Å². The van der Waals surface area contributed by atoms with Gasteiger partial charge >= 0.3 is 0 Å². The molecule has 7 heteroatoms. The summed E-state index contributed by atoms with van der Waals surface area (Å²) in [7, 11) is 4.57. The van der Waals surface area contributed by atoms with E-state index in [1.165, 1.54) is 14.2 Å². The second-order valence-electron chi connectivity index (χ2n) is 6.69. The summed E-state index contributed by atoms with van der Waals surface area (Å²) in [6, 6.07) is 17.1. The lowest BCUT2D eigenvalue weighted by atomic mass is 10.0. The Morgan fingerprint density at radius 1 is 0.967 bits per heavy atom. The van der Waals surface area contributed by atoms with Crippen LogP contribution in [-0.2, 0) is 0 Å². The molecule has 0 saturated heterocycles. The number of carbonyl (C=O) groups excluding carboxylic acids is 1. The molecule has 1 aromatic heterocycles. The SMILES string of the molecule is COc1ccc(C(=O)N2N=C(c3cccs3)CC2c2ccccc2)c(OC)c1OC. The van der Waals surface area contributed by atoms with Gasteiger partial charge < -0.3 is 14.2 Å². The van der Waals surface area contributed by atoms with Gasteiger partial charge in [-0.3, -0.25) is 4.79 Å². The molecule has 0 saturated carbocycles. The van der Waals surface area contributed by atoms with E-state index < -0.39 is 0 Å². The van der Waals surface area contributed by atoms with Crippen LogP contribution in [0, 0.1) is 0 Å². The molecule has 3 aromatic rings. The third kappa shape index (κ3) is 3.52. The number of methoxy groups -OCH3 is 3. The standard InChI is InChI=1S/C23H22N2O4S/c1-27-19-12-11-16(21(28-2)22(19)29-3)23(26)25-18(15-8-5-4-6-9-15)14-17(24-25)20-10-7-13-30-20/h4-13,18H,14H2,1-3H3. The largest absolute Gasteiger partial charge is 0.493 e. The maximum absolute atomic E-state index is 13.6. The van der Waals surface area contributed by atoms with E-state index in [1.807, 2.05) is 47.8 Å². The first kappa shape index (κ1) is 20.0. The molecule has 1 atom stereocenters. The molecule has 30 heavy (non-hydrogen) atoms. The molecule has 1 aliphatic rings. The van der Waals surface area contributed by atoms with Crippen molar-refractivity contribution in [2.24, 2.45) is 5.10 Å². The molecule has 0 radical (unpaired) electrons. The maximum Gasteiger partial charge on any atom is 0.278 e. The maximum atomic E-state index is 13.6. The number of hydrazone groups is 1. The van der Waals surface area contributed by atoms with E-state index in [-0.39, 0.29) is 11.9 Å². The van der Waals surface area contributed by atoms with Gasteiger partial charge in [-0.25, -0.2) is 5.01 Å². The minimum atomic E-state index is -0.256. The Hall–Kier alpha value is -3.32. The lowest BCUT2D eigenvalue weighted by molar-refractivity contribution is 0.0707. The number of thiophene rings is 1. The fourth-order valence-corrected chi connectivity index (χ4v) is 4.34. The highest BCUT2D eigenvalue weighted by Crippen LogP contribution is 2.42. The lowest BCUT2D eigenvalue weighted by Crippen LogP contribution is -2.27. The molecule has 0 bridgehead atoms. The first-order valence-electron chi connectivity index (χ1n) is 9.46. The molecule has 0 N–H and O–H groups in total. The number of ether oxygens (including phenoxy) is 3. The summed E-state index contributed by atoms with van der Waals surface area (Å²) in [4.78, 5) is 14.7. The van der Waals surface area contributed by atoms with Crippen molar-refractivity contribution in [1.29, 1.82) is 0 Å². The molecule has 1 unspecified atom stereocenters. The van der Waals surface area contributed by atoms with Crippen LogP contribution < -0.4 is 14.2 Å². The van der Waals surface area contributed by atoms with Gasteiger partial charge in [-0.05, 0) is 29.1 Å². The summed E-state index contributed by atoms with van der Waals surface area (Å²) in [6.45, 7) is 0. The van der Waals surface area contributed by atoms with Crippen molar-refractivity contribution in [3.8, 4) is 17.2 Å². The Kier molecular flexibility index (Phi) is 5.72. The second kappa shape index (κ2) is 8.59. The summed E-state index contributed by atoms with van der Waals surface area (Å²) in [5, 5.41) is 8.28. The quantitative estimate of drug-likeness (QED) is 0.574. The monoisotopic (exact) mass is 422 g/mol. The number of nitrogens with zero attached hydrogens (tertiary/aromatic N) is 2. The Morgan fingerprint density at radius 2 is 1.73 bits per heavy atom. The number of benzene rings is 2. The fraction of sp³-hybridized carbons (Fsp3) is 0.217. The van der Waals surface area contributed by atoms with Crippen molar-refractivity contribution in [2.75, 3.05) is 21.3 Å². The predicted octanol–water partition coefficient (Wildman–Crippen LogP) is 4.77. The van der Waals surface area contributed by atoms with E-state index in [1.54, 1.807) is 35.6 Å². The molecule has 2 heterocycles. The van der Waals surface area contributed by atoms with Crippen LogP contribution in [0.1, 0.15) is 33.3 Å². The van der Waals surface area contributed by atoms with Crippen LogP contribution in [0.25, 0.3) is 0 Å². The number of carbonyl (C=O) groups is 1. The van der Waals surface area contributed by atoms with Gasteiger partial charge in [0.05, 0.1) is 43.5 Å². The molecule has 154 valence electrons. The lowest BCUT2D eigenvalue weighted by Gasteiger charge is -2.23. The summed E-state index contributed by atoms with van der Waals surface area (Å²) >= 11 is 1.62. The Labute approximate surface area is 179 Å². The van der Waals surface area contributed by atoms with E-state index in [9.17, 15) is 4.79 Å². The Bertz CT molecular complexity index is 1060. The normalized spacial score (nSPS) is 15.6. The van der Waals surface area contributed by atoms with Gasteiger partial charge in [0.2, 0.25) is 5.75 Å². The molecule has 1 aliphatic heterocycles. The smallest absolute Gasteiger partial charge is 0.278 e. The van der Waals surface area contributed by atoms with E-state index >= 15 is 0 Å². The molecular weight excluding hydrogens is 400 g/mol. The van der Waals surface area contributed by atoms with Gasteiger partial charge in [0, 0.05) is 6.42 Å². The Morgan fingerprint density at radius 3 is 2.37 bits per heavy atom. The number of amides is 1. The van der Waals surface area contributed by atoms with E-state index in [2.05, 4.69) is 0 Å². The first-order valence-corrected chi connectivity index (χ1v) is 10.3. The van der Waals surface area contributed by atoms with Crippen LogP contribution in [0.15, 0.2) is 65.1 Å². The summed E-state index contributed by atoms with van der Waals surface area (Å²) < 4.78 is 16.3. The molecule has 0 spiro atoms. The van der Waals surface area contributed by atoms with E-state index in [0.717, 1.165) is 16.2 Å². The zero-order valence-corrected chi connectivity index (χ0v) is 17.8. The molecule has 0 aliphatic carbocycles. The zero-order valence-electron chi connectivity index (χ0n) is 17.0. The summed E-state index contributed by atoms with van der Waals surface area (Å²) in [5.74, 6) is 0.945. The minimum absolute atomic E-state index is 0.200. The Balaban J connectivity index is 1.78. The molecule has 1 amide bonds. The molecule has 6 nitrogen and oxygen atoms in total. The second-order valence-corrected chi connectivity index (χ2v) is 7.63. The summed E-state index contributed by atoms with van der Waals surface area (Å²) in [6.07, 6.45) is 0.645. The predicted molar refractivity (Wildman–Crippen MR) is 117 cm³/mol. The third-order valence-electron chi connectivity index (χ3n) is 5.04. The minimum Gasteiger partial charge on any atom is -0.493 e.